The van der Waals surface area contributed by atoms with Gasteiger partial charge < -0.3 is 14.7 Å². The van der Waals surface area contributed by atoms with E-state index in [0.717, 1.165) is 5.56 Å². The molecule has 0 fully saturated rings. The van der Waals surface area contributed by atoms with Crippen LogP contribution in [0.5, 0.6) is 5.75 Å². The summed E-state index contributed by atoms with van der Waals surface area (Å²) in [6.45, 7) is 5.69. The number of methoxy groups -OCH3 is 1. The van der Waals surface area contributed by atoms with Gasteiger partial charge in [0.05, 0.1) is 6.04 Å². The Hall–Kier alpha value is -1.55. The second kappa shape index (κ2) is 6.06. The van der Waals surface area contributed by atoms with Gasteiger partial charge >= 0.3 is 0 Å². The molecule has 0 radical (unpaired) electrons. The van der Waals surface area contributed by atoms with Crippen LogP contribution in [0.15, 0.2) is 24.3 Å². The summed E-state index contributed by atoms with van der Waals surface area (Å²) in [7, 11) is 3.33. The smallest absolute Gasteiger partial charge is 0.254 e. The van der Waals surface area contributed by atoms with Crippen molar-refractivity contribution in [1.82, 2.24) is 4.90 Å². The standard InChI is InChI=1S/C15H23NO3/c1-6-15(3,19-5)14(18)16(4)11(2)12-7-9-13(17)10-8-12/h7-11,17H,6H2,1-5H3. The third-order valence-corrected chi connectivity index (χ3v) is 3.85. The number of phenolic OH excluding ortho intramolecular Hbond substituents is 1. The summed E-state index contributed by atoms with van der Waals surface area (Å²) in [5.74, 6) is 0.179. The van der Waals surface area contributed by atoms with Crippen LogP contribution in [0, 0.1) is 0 Å². The molecule has 0 aliphatic rings. The van der Waals surface area contributed by atoms with E-state index in [2.05, 4.69) is 0 Å². The van der Waals surface area contributed by atoms with Crippen LogP contribution in [0.4, 0.5) is 0 Å². The minimum absolute atomic E-state index is 0.0434. The highest BCUT2D eigenvalue weighted by Crippen LogP contribution is 2.25. The molecule has 2 unspecified atom stereocenters. The maximum atomic E-state index is 12.5. The molecule has 1 amide bonds. The summed E-state index contributed by atoms with van der Waals surface area (Å²) in [6, 6.07) is 6.81. The fourth-order valence-corrected chi connectivity index (χ4v) is 1.91. The lowest BCUT2D eigenvalue weighted by atomic mass is 9.99. The minimum atomic E-state index is -0.792. The second-order valence-corrected chi connectivity index (χ2v) is 4.97. The van der Waals surface area contributed by atoms with Crippen molar-refractivity contribution in [3.8, 4) is 5.75 Å². The Morgan fingerprint density at radius 2 is 1.95 bits per heavy atom. The molecule has 4 nitrogen and oxygen atoms in total. The first-order chi connectivity index (χ1) is 8.85. The molecule has 4 heteroatoms. The quantitative estimate of drug-likeness (QED) is 0.890. The Balaban J connectivity index is 2.90. The van der Waals surface area contributed by atoms with Crippen LogP contribution < -0.4 is 0 Å². The van der Waals surface area contributed by atoms with Crippen LogP contribution in [0.3, 0.4) is 0 Å². The summed E-state index contributed by atoms with van der Waals surface area (Å²) < 4.78 is 5.34. The maximum Gasteiger partial charge on any atom is 0.254 e. The molecule has 0 aliphatic carbocycles. The molecule has 1 rings (SSSR count). The number of carbonyl (C=O) groups is 1. The van der Waals surface area contributed by atoms with Gasteiger partial charge in [-0.1, -0.05) is 19.1 Å². The molecule has 1 aromatic rings. The molecule has 0 saturated heterocycles. The van der Waals surface area contributed by atoms with Gasteiger partial charge in [0.2, 0.25) is 0 Å². The van der Waals surface area contributed by atoms with Crippen LogP contribution in [-0.2, 0) is 9.53 Å². The third-order valence-electron chi connectivity index (χ3n) is 3.85. The van der Waals surface area contributed by atoms with E-state index in [1.54, 1.807) is 38.1 Å². The first kappa shape index (κ1) is 15.5. The van der Waals surface area contributed by atoms with Crippen molar-refractivity contribution in [2.24, 2.45) is 0 Å². The van der Waals surface area contributed by atoms with Crippen molar-refractivity contribution in [3.63, 3.8) is 0 Å². The number of amides is 1. The summed E-state index contributed by atoms with van der Waals surface area (Å²) in [4.78, 5) is 14.1. The van der Waals surface area contributed by atoms with E-state index in [1.165, 1.54) is 0 Å². The number of hydrogen-bond donors (Lipinski definition) is 1. The predicted molar refractivity (Wildman–Crippen MR) is 75.0 cm³/mol. The average Bonchev–Trinajstić information content (AvgIpc) is 2.44. The molecule has 19 heavy (non-hydrogen) atoms. The maximum absolute atomic E-state index is 12.5. The van der Waals surface area contributed by atoms with E-state index in [4.69, 9.17) is 4.74 Å². The van der Waals surface area contributed by atoms with Gasteiger partial charge in [0.1, 0.15) is 11.4 Å². The fourth-order valence-electron chi connectivity index (χ4n) is 1.91. The summed E-state index contributed by atoms with van der Waals surface area (Å²) in [5.41, 5.74) is 0.183. The number of hydrogen-bond acceptors (Lipinski definition) is 3. The highest BCUT2D eigenvalue weighted by Gasteiger charge is 2.35. The number of carbonyl (C=O) groups excluding carboxylic acids is 1. The van der Waals surface area contributed by atoms with Gasteiger partial charge in [-0.2, -0.15) is 0 Å². The Bertz CT molecular complexity index is 424. The van der Waals surface area contributed by atoms with E-state index < -0.39 is 5.60 Å². The Morgan fingerprint density at radius 1 is 1.42 bits per heavy atom. The van der Waals surface area contributed by atoms with Crippen molar-refractivity contribution in [1.29, 1.82) is 0 Å². The molecule has 1 aromatic carbocycles. The number of nitrogens with zero attached hydrogens (tertiary/aromatic N) is 1. The summed E-state index contributed by atoms with van der Waals surface area (Å²) in [6.07, 6.45) is 0.620. The van der Waals surface area contributed by atoms with E-state index in [1.807, 2.05) is 26.0 Å². The highest BCUT2D eigenvalue weighted by molar-refractivity contribution is 5.85. The zero-order chi connectivity index (χ0) is 14.6. The zero-order valence-electron chi connectivity index (χ0n) is 12.3. The highest BCUT2D eigenvalue weighted by atomic mass is 16.5. The van der Waals surface area contributed by atoms with E-state index in [0.29, 0.717) is 6.42 Å². The molecule has 2 atom stereocenters. The molecule has 0 saturated carbocycles. The second-order valence-electron chi connectivity index (χ2n) is 4.97. The van der Waals surface area contributed by atoms with Crippen molar-refractivity contribution in [3.05, 3.63) is 29.8 Å². The van der Waals surface area contributed by atoms with E-state index in [9.17, 15) is 9.90 Å². The van der Waals surface area contributed by atoms with Crippen molar-refractivity contribution in [2.75, 3.05) is 14.2 Å². The predicted octanol–water partition coefficient (Wildman–Crippen LogP) is 2.73. The lowest BCUT2D eigenvalue weighted by molar-refractivity contribution is -0.154. The minimum Gasteiger partial charge on any atom is -0.508 e. The van der Waals surface area contributed by atoms with Gasteiger partial charge in [0.15, 0.2) is 0 Å². The van der Waals surface area contributed by atoms with Crippen LogP contribution in [-0.4, -0.2) is 35.7 Å². The lowest BCUT2D eigenvalue weighted by Crippen LogP contribution is -2.47. The lowest BCUT2D eigenvalue weighted by Gasteiger charge is -2.34. The molecule has 106 valence electrons. The van der Waals surface area contributed by atoms with Gasteiger partial charge in [-0.15, -0.1) is 0 Å². The molecule has 1 N–H and O–H groups in total. The van der Waals surface area contributed by atoms with E-state index >= 15 is 0 Å². The largest absolute Gasteiger partial charge is 0.508 e. The van der Waals surface area contributed by atoms with Crippen molar-refractivity contribution in [2.45, 2.75) is 38.8 Å². The molecular weight excluding hydrogens is 242 g/mol. The van der Waals surface area contributed by atoms with E-state index in [-0.39, 0.29) is 17.7 Å². The molecule has 0 aliphatic heterocycles. The van der Waals surface area contributed by atoms with Gasteiger partial charge in [-0.25, -0.2) is 0 Å². The number of phenols is 1. The Morgan fingerprint density at radius 3 is 2.37 bits per heavy atom. The van der Waals surface area contributed by atoms with Gasteiger partial charge in [0.25, 0.3) is 5.91 Å². The number of benzene rings is 1. The van der Waals surface area contributed by atoms with Crippen LogP contribution in [0.2, 0.25) is 0 Å². The first-order valence-corrected chi connectivity index (χ1v) is 6.47. The van der Waals surface area contributed by atoms with Crippen LogP contribution in [0.25, 0.3) is 0 Å². The van der Waals surface area contributed by atoms with Crippen LogP contribution in [0.1, 0.15) is 38.8 Å². The number of aromatic hydroxyl groups is 1. The summed E-state index contributed by atoms with van der Waals surface area (Å²) in [5, 5.41) is 9.29. The van der Waals surface area contributed by atoms with Gasteiger partial charge in [-0.05, 0) is 38.0 Å². The van der Waals surface area contributed by atoms with Crippen molar-refractivity contribution >= 4 is 5.91 Å². The van der Waals surface area contributed by atoms with Gasteiger partial charge in [-0.3, -0.25) is 4.79 Å². The molecule has 0 bridgehead atoms. The first-order valence-electron chi connectivity index (χ1n) is 6.47. The SMILES string of the molecule is CCC(C)(OC)C(=O)N(C)C(C)c1ccc(O)cc1. The average molecular weight is 265 g/mol. The molecule has 0 spiro atoms. The third kappa shape index (κ3) is 3.26. The monoisotopic (exact) mass is 265 g/mol. The van der Waals surface area contributed by atoms with Gasteiger partial charge in [0, 0.05) is 14.2 Å². The topological polar surface area (TPSA) is 49.8 Å². The summed E-state index contributed by atoms with van der Waals surface area (Å²) >= 11 is 0. The zero-order valence-corrected chi connectivity index (χ0v) is 12.3. The molecule has 0 heterocycles. The van der Waals surface area contributed by atoms with Crippen molar-refractivity contribution < 1.29 is 14.6 Å². The number of likely N-dealkylation sites (N-methyl/N-ethyl adjacent to an activating group) is 1. The normalized spacial score (nSPS) is 15.6. The fraction of sp³-hybridized carbons (Fsp3) is 0.533. The Kier molecular flexibility index (Phi) is 4.95. The molecular formula is C15H23NO3. The number of ether oxygens (including phenoxy) is 1. The number of rotatable bonds is 5. The Labute approximate surface area is 115 Å². The molecule has 0 aromatic heterocycles. The van der Waals surface area contributed by atoms with Crippen LogP contribution >= 0.6 is 0 Å².